The molecule has 1 unspecified atom stereocenters. The molecule has 0 radical (unpaired) electrons. The van der Waals surface area contributed by atoms with Crippen molar-refractivity contribution < 1.29 is 18.7 Å². The minimum absolute atomic E-state index is 0.0393. The lowest BCUT2D eigenvalue weighted by atomic mass is 10.1. The van der Waals surface area contributed by atoms with E-state index < -0.39 is 0 Å². The molecule has 1 N–H and O–H groups in total. The van der Waals surface area contributed by atoms with Gasteiger partial charge in [0.05, 0.1) is 25.8 Å². The molecule has 2 aromatic carbocycles. The van der Waals surface area contributed by atoms with Crippen LogP contribution in [-0.2, 0) is 9.53 Å². The fourth-order valence-electron chi connectivity index (χ4n) is 3.05. The van der Waals surface area contributed by atoms with Gasteiger partial charge in [-0.05, 0) is 42.3 Å². The van der Waals surface area contributed by atoms with Gasteiger partial charge in [0.2, 0.25) is 5.91 Å². The number of amides is 1. The summed E-state index contributed by atoms with van der Waals surface area (Å²) in [7, 11) is 0. The van der Waals surface area contributed by atoms with Crippen LogP contribution in [0.5, 0.6) is 5.75 Å². The van der Waals surface area contributed by atoms with Crippen molar-refractivity contribution in [2.75, 3.05) is 39.4 Å². The van der Waals surface area contributed by atoms with E-state index >= 15 is 0 Å². The standard InChI is InChI=1S/C21H25FN2O3/c1-16-3-2-4-19(13-16)26-11-9-23-21(25)15-24-10-12-27-20(14-24)17-5-7-18(22)8-6-17/h2-8,13,20H,9-12,14-15H2,1H3,(H,23,25). The molecule has 1 atom stereocenters. The van der Waals surface area contributed by atoms with E-state index in [4.69, 9.17) is 9.47 Å². The molecule has 0 aliphatic carbocycles. The number of morpholine rings is 1. The van der Waals surface area contributed by atoms with Crippen molar-refractivity contribution in [2.45, 2.75) is 13.0 Å². The zero-order valence-corrected chi connectivity index (χ0v) is 15.5. The van der Waals surface area contributed by atoms with Gasteiger partial charge in [-0.25, -0.2) is 4.39 Å². The number of ether oxygens (including phenoxy) is 2. The minimum Gasteiger partial charge on any atom is -0.492 e. The van der Waals surface area contributed by atoms with Gasteiger partial charge in [0.1, 0.15) is 18.2 Å². The highest BCUT2D eigenvalue weighted by Crippen LogP contribution is 2.22. The molecular weight excluding hydrogens is 347 g/mol. The molecule has 144 valence electrons. The maximum Gasteiger partial charge on any atom is 0.234 e. The van der Waals surface area contributed by atoms with Gasteiger partial charge >= 0.3 is 0 Å². The second-order valence-electron chi connectivity index (χ2n) is 6.66. The van der Waals surface area contributed by atoms with E-state index in [-0.39, 0.29) is 17.8 Å². The number of nitrogens with zero attached hydrogens (tertiary/aromatic N) is 1. The summed E-state index contributed by atoms with van der Waals surface area (Å²) in [6, 6.07) is 14.1. The van der Waals surface area contributed by atoms with E-state index in [9.17, 15) is 9.18 Å². The second kappa shape index (κ2) is 9.48. The summed E-state index contributed by atoms with van der Waals surface area (Å²) in [4.78, 5) is 14.2. The Kier molecular flexibility index (Phi) is 6.79. The predicted octanol–water partition coefficient (Wildman–Crippen LogP) is 2.70. The number of nitrogens with one attached hydrogen (secondary N) is 1. The van der Waals surface area contributed by atoms with Crippen LogP contribution in [0.4, 0.5) is 4.39 Å². The van der Waals surface area contributed by atoms with Gasteiger partial charge in [-0.2, -0.15) is 0 Å². The predicted molar refractivity (Wildman–Crippen MR) is 101 cm³/mol. The first kappa shape index (κ1) is 19.3. The number of halogens is 1. The smallest absolute Gasteiger partial charge is 0.234 e. The molecule has 27 heavy (non-hydrogen) atoms. The van der Waals surface area contributed by atoms with Gasteiger partial charge in [-0.3, -0.25) is 9.69 Å². The highest BCUT2D eigenvalue weighted by molar-refractivity contribution is 5.78. The summed E-state index contributed by atoms with van der Waals surface area (Å²) in [5.74, 6) is 0.501. The van der Waals surface area contributed by atoms with Crippen molar-refractivity contribution in [1.82, 2.24) is 10.2 Å². The van der Waals surface area contributed by atoms with E-state index in [2.05, 4.69) is 5.32 Å². The number of carbonyl (C=O) groups excluding carboxylic acids is 1. The summed E-state index contributed by atoms with van der Waals surface area (Å²) in [5.41, 5.74) is 2.06. The Morgan fingerprint density at radius 2 is 2.11 bits per heavy atom. The van der Waals surface area contributed by atoms with Crippen molar-refractivity contribution in [2.24, 2.45) is 0 Å². The largest absolute Gasteiger partial charge is 0.492 e. The Balaban J connectivity index is 1.39. The average molecular weight is 372 g/mol. The van der Waals surface area contributed by atoms with E-state index in [1.54, 1.807) is 12.1 Å². The van der Waals surface area contributed by atoms with Gasteiger partial charge < -0.3 is 14.8 Å². The molecule has 1 amide bonds. The van der Waals surface area contributed by atoms with Crippen LogP contribution in [0.15, 0.2) is 48.5 Å². The third kappa shape index (κ3) is 6.05. The summed E-state index contributed by atoms with van der Waals surface area (Å²) >= 11 is 0. The van der Waals surface area contributed by atoms with Gasteiger partial charge in [0.15, 0.2) is 0 Å². The maximum absolute atomic E-state index is 13.1. The summed E-state index contributed by atoms with van der Waals surface area (Å²) < 4.78 is 24.5. The lowest BCUT2D eigenvalue weighted by molar-refractivity contribution is -0.124. The Morgan fingerprint density at radius 3 is 2.89 bits per heavy atom. The molecule has 1 aliphatic heterocycles. The molecule has 1 heterocycles. The van der Waals surface area contributed by atoms with Crippen LogP contribution in [-0.4, -0.2) is 50.2 Å². The van der Waals surface area contributed by atoms with Gasteiger partial charge in [0, 0.05) is 13.1 Å². The number of hydrogen-bond acceptors (Lipinski definition) is 4. The van der Waals surface area contributed by atoms with Crippen molar-refractivity contribution >= 4 is 5.91 Å². The van der Waals surface area contributed by atoms with Crippen molar-refractivity contribution in [3.8, 4) is 5.75 Å². The van der Waals surface area contributed by atoms with Crippen LogP contribution in [0, 0.1) is 12.7 Å². The summed E-state index contributed by atoms with van der Waals surface area (Å²) in [5, 5.41) is 2.88. The molecule has 3 rings (SSSR count). The third-order valence-electron chi connectivity index (χ3n) is 4.44. The highest BCUT2D eigenvalue weighted by atomic mass is 19.1. The average Bonchev–Trinajstić information content (AvgIpc) is 2.66. The lowest BCUT2D eigenvalue weighted by Gasteiger charge is -2.32. The van der Waals surface area contributed by atoms with Gasteiger partial charge in [0.25, 0.3) is 0 Å². The van der Waals surface area contributed by atoms with Crippen LogP contribution >= 0.6 is 0 Å². The van der Waals surface area contributed by atoms with E-state index in [1.165, 1.54) is 12.1 Å². The first-order valence-corrected chi connectivity index (χ1v) is 9.16. The quantitative estimate of drug-likeness (QED) is 0.760. The molecule has 6 heteroatoms. The zero-order chi connectivity index (χ0) is 19.1. The molecular formula is C21H25FN2O3. The van der Waals surface area contributed by atoms with E-state index in [1.807, 2.05) is 36.1 Å². The Labute approximate surface area is 159 Å². The fourth-order valence-corrected chi connectivity index (χ4v) is 3.05. The Morgan fingerprint density at radius 1 is 1.30 bits per heavy atom. The maximum atomic E-state index is 13.1. The van der Waals surface area contributed by atoms with Crippen LogP contribution in [0.2, 0.25) is 0 Å². The summed E-state index contributed by atoms with van der Waals surface area (Å²) in [6.07, 6.45) is -0.142. The molecule has 0 spiro atoms. The molecule has 0 bridgehead atoms. The zero-order valence-electron chi connectivity index (χ0n) is 15.5. The van der Waals surface area contributed by atoms with Gasteiger partial charge in [-0.15, -0.1) is 0 Å². The van der Waals surface area contributed by atoms with Crippen LogP contribution in [0.1, 0.15) is 17.2 Å². The van der Waals surface area contributed by atoms with E-state index in [0.717, 1.165) is 16.9 Å². The van der Waals surface area contributed by atoms with Crippen molar-refractivity contribution in [1.29, 1.82) is 0 Å². The first-order valence-electron chi connectivity index (χ1n) is 9.16. The molecule has 0 saturated carbocycles. The lowest BCUT2D eigenvalue weighted by Crippen LogP contribution is -2.44. The molecule has 1 aliphatic rings. The van der Waals surface area contributed by atoms with Crippen molar-refractivity contribution in [3.05, 3.63) is 65.5 Å². The summed E-state index contributed by atoms with van der Waals surface area (Å²) in [6.45, 7) is 5.06. The highest BCUT2D eigenvalue weighted by Gasteiger charge is 2.23. The number of hydrogen-bond donors (Lipinski definition) is 1. The van der Waals surface area contributed by atoms with Crippen molar-refractivity contribution in [3.63, 3.8) is 0 Å². The number of benzene rings is 2. The fraction of sp³-hybridized carbons (Fsp3) is 0.381. The minimum atomic E-state index is -0.265. The number of aryl methyl sites for hydroxylation is 1. The third-order valence-corrected chi connectivity index (χ3v) is 4.44. The van der Waals surface area contributed by atoms with Crippen LogP contribution in [0.25, 0.3) is 0 Å². The number of carbonyl (C=O) groups is 1. The van der Waals surface area contributed by atoms with Crippen LogP contribution in [0.3, 0.4) is 0 Å². The molecule has 1 saturated heterocycles. The molecule has 2 aromatic rings. The second-order valence-corrected chi connectivity index (χ2v) is 6.66. The SMILES string of the molecule is Cc1cccc(OCCNC(=O)CN2CCOC(c3ccc(F)cc3)C2)c1. The molecule has 1 fully saturated rings. The Hall–Kier alpha value is -2.44. The first-order chi connectivity index (χ1) is 13.1. The number of rotatable bonds is 7. The van der Waals surface area contributed by atoms with E-state index in [0.29, 0.717) is 39.4 Å². The monoisotopic (exact) mass is 372 g/mol. The Bertz CT molecular complexity index is 751. The normalized spacial score (nSPS) is 17.5. The topological polar surface area (TPSA) is 50.8 Å². The van der Waals surface area contributed by atoms with Gasteiger partial charge in [-0.1, -0.05) is 24.3 Å². The molecule has 0 aromatic heterocycles. The molecule has 5 nitrogen and oxygen atoms in total. The van der Waals surface area contributed by atoms with Crippen LogP contribution < -0.4 is 10.1 Å².